The maximum absolute atomic E-state index is 12.4. The first-order valence-electron chi connectivity index (χ1n) is 7.88. The molecule has 0 saturated heterocycles. The largest absolute Gasteiger partial charge is 0.373 e. The molecule has 0 bridgehead atoms. The van der Waals surface area contributed by atoms with Crippen LogP contribution in [0.3, 0.4) is 0 Å². The summed E-state index contributed by atoms with van der Waals surface area (Å²) in [6.45, 7) is 1.41. The Kier molecular flexibility index (Phi) is 6.18. The third kappa shape index (κ3) is 5.11. The van der Waals surface area contributed by atoms with Crippen molar-refractivity contribution in [3.8, 4) is 0 Å². The first kappa shape index (κ1) is 17.0. The number of anilines is 1. The lowest BCUT2D eigenvalue weighted by Crippen LogP contribution is -2.45. The summed E-state index contributed by atoms with van der Waals surface area (Å²) in [5, 5.41) is 0. The van der Waals surface area contributed by atoms with E-state index in [1.807, 2.05) is 62.6 Å². The molecule has 0 aliphatic rings. The minimum Gasteiger partial charge on any atom is -0.373 e. The van der Waals surface area contributed by atoms with Gasteiger partial charge in [-0.2, -0.15) is 0 Å². The van der Waals surface area contributed by atoms with Gasteiger partial charge in [0.2, 0.25) is 5.91 Å². The summed E-state index contributed by atoms with van der Waals surface area (Å²) in [7, 11) is 3.84. The molecular weight excluding hydrogens is 286 g/mol. The van der Waals surface area contributed by atoms with Crippen LogP contribution in [0.15, 0.2) is 60.7 Å². The summed E-state index contributed by atoms with van der Waals surface area (Å²) >= 11 is 0. The lowest BCUT2D eigenvalue weighted by Gasteiger charge is -2.25. The topological polar surface area (TPSA) is 49.6 Å². The Morgan fingerprint density at radius 2 is 1.52 bits per heavy atom. The van der Waals surface area contributed by atoms with E-state index in [0.717, 1.165) is 17.8 Å². The molecule has 23 heavy (non-hydrogen) atoms. The number of amides is 1. The van der Waals surface area contributed by atoms with Gasteiger partial charge in [0.05, 0.1) is 6.04 Å². The van der Waals surface area contributed by atoms with Gasteiger partial charge >= 0.3 is 0 Å². The highest BCUT2D eigenvalue weighted by Gasteiger charge is 2.18. The number of hydrogen-bond acceptors (Lipinski definition) is 3. The smallest absolute Gasteiger partial charge is 0.239 e. The fraction of sp³-hybridized carbons (Fsp3) is 0.316. The van der Waals surface area contributed by atoms with Crippen LogP contribution in [0, 0.1) is 0 Å². The van der Waals surface area contributed by atoms with Gasteiger partial charge in [0.15, 0.2) is 0 Å². The van der Waals surface area contributed by atoms with E-state index in [1.54, 1.807) is 4.90 Å². The van der Waals surface area contributed by atoms with E-state index in [1.165, 1.54) is 0 Å². The molecule has 1 unspecified atom stereocenters. The molecule has 4 nitrogen and oxygen atoms in total. The highest BCUT2D eigenvalue weighted by atomic mass is 16.2. The van der Waals surface area contributed by atoms with E-state index in [-0.39, 0.29) is 5.91 Å². The first-order valence-corrected chi connectivity index (χ1v) is 7.88. The van der Waals surface area contributed by atoms with Crippen molar-refractivity contribution in [3.05, 3.63) is 66.2 Å². The predicted molar refractivity (Wildman–Crippen MR) is 95.5 cm³/mol. The average molecular weight is 311 g/mol. The number of rotatable bonds is 7. The first-order chi connectivity index (χ1) is 11.1. The maximum Gasteiger partial charge on any atom is 0.239 e. The number of likely N-dealkylation sites (N-methyl/N-ethyl adjacent to an activating group) is 2. The summed E-state index contributed by atoms with van der Waals surface area (Å²) in [6, 6.07) is 19.5. The molecule has 122 valence electrons. The van der Waals surface area contributed by atoms with Crippen LogP contribution in [0.2, 0.25) is 0 Å². The van der Waals surface area contributed by atoms with E-state index in [9.17, 15) is 4.79 Å². The quantitative estimate of drug-likeness (QED) is 0.852. The van der Waals surface area contributed by atoms with Gasteiger partial charge in [-0.25, -0.2) is 0 Å². The summed E-state index contributed by atoms with van der Waals surface area (Å²) < 4.78 is 0. The molecular formula is C19H25N3O. The molecule has 0 spiro atoms. The van der Waals surface area contributed by atoms with Crippen molar-refractivity contribution in [1.29, 1.82) is 0 Å². The second-order valence-electron chi connectivity index (χ2n) is 5.81. The van der Waals surface area contributed by atoms with Crippen molar-refractivity contribution in [1.82, 2.24) is 4.90 Å². The molecule has 2 rings (SSSR count). The molecule has 0 fully saturated rings. The predicted octanol–water partition coefficient (Wildman–Crippen LogP) is 2.15. The van der Waals surface area contributed by atoms with Crippen LogP contribution < -0.4 is 10.6 Å². The molecule has 2 N–H and O–H groups in total. The van der Waals surface area contributed by atoms with Crippen molar-refractivity contribution in [2.24, 2.45) is 5.73 Å². The van der Waals surface area contributed by atoms with Crippen LogP contribution in [-0.4, -0.2) is 44.0 Å². The Morgan fingerprint density at radius 1 is 0.957 bits per heavy atom. The van der Waals surface area contributed by atoms with Crippen molar-refractivity contribution in [2.45, 2.75) is 12.5 Å². The molecule has 0 saturated carbocycles. The van der Waals surface area contributed by atoms with Gasteiger partial charge in [-0.1, -0.05) is 48.5 Å². The average Bonchev–Trinajstić information content (AvgIpc) is 2.60. The minimum atomic E-state index is -0.496. The SMILES string of the molecule is CN(CCN(C)c1ccccc1)C(=O)C(N)Cc1ccccc1. The highest BCUT2D eigenvalue weighted by Crippen LogP contribution is 2.10. The number of para-hydroxylation sites is 1. The molecule has 1 amide bonds. The molecule has 0 radical (unpaired) electrons. The van der Waals surface area contributed by atoms with Crippen LogP contribution in [0.5, 0.6) is 0 Å². The fourth-order valence-corrected chi connectivity index (χ4v) is 2.46. The summed E-state index contributed by atoms with van der Waals surface area (Å²) in [5.74, 6) is -0.0182. The van der Waals surface area contributed by atoms with Gasteiger partial charge in [-0.3, -0.25) is 4.79 Å². The zero-order valence-corrected chi connectivity index (χ0v) is 13.9. The summed E-state index contributed by atoms with van der Waals surface area (Å²) in [4.78, 5) is 16.2. The van der Waals surface area contributed by atoms with Crippen molar-refractivity contribution in [2.75, 3.05) is 32.1 Å². The fourth-order valence-electron chi connectivity index (χ4n) is 2.46. The van der Waals surface area contributed by atoms with Crippen LogP contribution in [0.4, 0.5) is 5.69 Å². The second kappa shape index (κ2) is 8.34. The number of nitrogens with two attached hydrogens (primary N) is 1. The summed E-state index contributed by atoms with van der Waals surface area (Å²) in [6.07, 6.45) is 0.568. The van der Waals surface area contributed by atoms with Gasteiger partial charge in [-0.05, 0) is 24.1 Å². The highest BCUT2D eigenvalue weighted by molar-refractivity contribution is 5.81. The molecule has 2 aromatic carbocycles. The second-order valence-corrected chi connectivity index (χ2v) is 5.81. The van der Waals surface area contributed by atoms with Gasteiger partial charge in [0, 0.05) is 32.9 Å². The third-order valence-corrected chi connectivity index (χ3v) is 3.96. The van der Waals surface area contributed by atoms with Crippen LogP contribution >= 0.6 is 0 Å². The van der Waals surface area contributed by atoms with Gasteiger partial charge in [0.25, 0.3) is 0 Å². The number of benzene rings is 2. The lowest BCUT2D eigenvalue weighted by atomic mass is 10.1. The van der Waals surface area contributed by atoms with Gasteiger partial charge in [0.1, 0.15) is 0 Å². The Bertz CT molecular complexity index is 601. The zero-order chi connectivity index (χ0) is 16.7. The molecule has 0 heterocycles. The number of nitrogens with zero attached hydrogens (tertiary/aromatic N) is 2. The Hall–Kier alpha value is -2.33. The zero-order valence-electron chi connectivity index (χ0n) is 13.9. The Morgan fingerprint density at radius 3 is 2.13 bits per heavy atom. The molecule has 0 aromatic heterocycles. The standard InChI is InChI=1S/C19H25N3O/c1-21(17-11-7-4-8-12-17)13-14-22(2)19(23)18(20)15-16-9-5-3-6-10-16/h3-12,18H,13-15,20H2,1-2H3. The van der Waals surface area contributed by atoms with Crippen molar-refractivity contribution < 1.29 is 4.79 Å². The van der Waals surface area contributed by atoms with E-state index in [4.69, 9.17) is 5.73 Å². The monoisotopic (exact) mass is 311 g/mol. The van der Waals surface area contributed by atoms with Crippen LogP contribution in [0.25, 0.3) is 0 Å². The van der Waals surface area contributed by atoms with Gasteiger partial charge in [-0.15, -0.1) is 0 Å². The van der Waals surface area contributed by atoms with Gasteiger partial charge < -0.3 is 15.5 Å². The molecule has 2 aromatic rings. The molecule has 0 aliphatic heterocycles. The van der Waals surface area contributed by atoms with E-state index >= 15 is 0 Å². The minimum absolute atomic E-state index is 0.0182. The van der Waals surface area contributed by atoms with E-state index in [0.29, 0.717) is 13.0 Å². The molecule has 4 heteroatoms. The van der Waals surface area contributed by atoms with Crippen LogP contribution in [0.1, 0.15) is 5.56 Å². The van der Waals surface area contributed by atoms with E-state index in [2.05, 4.69) is 17.0 Å². The normalized spacial score (nSPS) is 11.8. The third-order valence-electron chi connectivity index (χ3n) is 3.96. The maximum atomic E-state index is 12.4. The number of carbonyl (C=O) groups excluding carboxylic acids is 1. The van der Waals surface area contributed by atoms with Crippen LogP contribution in [-0.2, 0) is 11.2 Å². The summed E-state index contributed by atoms with van der Waals surface area (Å²) in [5.41, 5.74) is 8.29. The Labute approximate surface area is 138 Å². The lowest BCUT2D eigenvalue weighted by molar-refractivity contribution is -0.131. The Balaban J connectivity index is 1.82. The molecule has 0 aliphatic carbocycles. The van der Waals surface area contributed by atoms with Crippen molar-refractivity contribution >= 4 is 11.6 Å². The molecule has 1 atom stereocenters. The van der Waals surface area contributed by atoms with Crippen molar-refractivity contribution in [3.63, 3.8) is 0 Å². The van der Waals surface area contributed by atoms with E-state index < -0.39 is 6.04 Å². The number of carbonyl (C=O) groups is 1. The number of hydrogen-bond donors (Lipinski definition) is 1.